The van der Waals surface area contributed by atoms with Crippen molar-refractivity contribution in [3.05, 3.63) is 34.9 Å². The first-order chi connectivity index (χ1) is 8.66. The fourth-order valence-corrected chi connectivity index (χ4v) is 2.17. The van der Waals surface area contributed by atoms with Crippen molar-refractivity contribution in [2.75, 3.05) is 19.8 Å². The Morgan fingerprint density at radius 1 is 1.44 bits per heavy atom. The third-order valence-electron chi connectivity index (χ3n) is 3.25. The highest BCUT2D eigenvalue weighted by Crippen LogP contribution is 2.14. The number of ether oxygens (including phenoxy) is 2. The van der Waals surface area contributed by atoms with Crippen LogP contribution in [0.25, 0.3) is 0 Å². The third-order valence-corrected chi connectivity index (χ3v) is 3.25. The second-order valence-corrected chi connectivity index (χ2v) is 4.89. The van der Waals surface area contributed by atoms with Gasteiger partial charge >= 0.3 is 0 Å². The van der Waals surface area contributed by atoms with E-state index in [1.165, 1.54) is 0 Å². The van der Waals surface area contributed by atoms with Crippen LogP contribution in [-0.2, 0) is 9.47 Å². The summed E-state index contributed by atoms with van der Waals surface area (Å²) in [4.78, 5) is 12.0. The number of carbonyl (C=O) groups is 1. The average Bonchev–Trinajstić information content (AvgIpc) is 2.85. The van der Waals surface area contributed by atoms with E-state index >= 15 is 0 Å². The fourth-order valence-electron chi connectivity index (χ4n) is 2.17. The Morgan fingerprint density at radius 3 is 3.00 bits per heavy atom. The molecular weight excluding hydrogens is 228 g/mol. The fraction of sp³-hybridized carbons (Fsp3) is 0.533. The largest absolute Gasteiger partial charge is 0.376 e. The van der Waals surface area contributed by atoms with E-state index in [9.17, 15) is 4.79 Å². The molecule has 2 rings (SSSR count). The van der Waals surface area contributed by atoms with Gasteiger partial charge in [0.15, 0.2) is 5.78 Å². The van der Waals surface area contributed by atoms with E-state index in [4.69, 9.17) is 9.47 Å². The van der Waals surface area contributed by atoms with Crippen molar-refractivity contribution in [3.63, 3.8) is 0 Å². The van der Waals surface area contributed by atoms with Crippen LogP contribution in [0.2, 0.25) is 0 Å². The number of benzene rings is 1. The van der Waals surface area contributed by atoms with Crippen molar-refractivity contribution in [2.24, 2.45) is 0 Å². The van der Waals surface area contributed by atoms with Gasteiger partial charge in [0.05, 0.1) is 12.7 Å². The number of aryl methyl sites for hydroxylation is 2. The molecule has 1 unspecified atom stereocenters. The molecule has 0 aromatic heterocycles. The van der Waals surface area contributed by atoms with E-state index in [0.717, 1.165) is 36.1 Å². The standard InChI is InChI=1S/C15H20O3/c1-11-5-6-12(2)14(8-11)15(16)10-17-9-13-4-3-7-18-13/h5-6,8,13H,3-4,7,9-10H2,1-2H3. The van der Waals surface area contributed by atoms with Crippen molar-refractivity contribution >= 4 is 5.78 Å². The molecule has 1 aromatic rings. The molecule has 0 aliphatic carbocycles. The van der Waals surface area contributed by atoms with Gasteiger partial charge in [-0.3, -0.25) is 4.79 Å². The Balaban J connectivity index is 1.85. The Labute approximate surface area is 108 Å². The van der Waals surface area contributed by atoms with Crippen LogP contribution in [0.5, 0.6) is 0 Å². The summed E-state index contributed by atoms with van der Waals surface area (Å²) in [7, 11) is 0. The summed E-state index contributed by atoms with van der Waals surface area (Å²) in [5.74, 6) is 0.0502. The summed E-state index contributed by atoms with van der Waals surface area (Å²) in [5.41, 5.74) is 2.87. The van der Waals surface area contributed by atoms with Crippen molar-refractivity contribution in [1.82, 2.24) is 0 Å². The number of hydrogen-bond acceptors (Lipinski definition) is 3. The lowest BCUT2D eigenvalue weighted by molar-refractivity contribution is 0.0190. The molecule has 0 bridgehead atoms. The molecule has 1 aliphatic rings. The lowest BCUT2D eigenvalue weighted by Crippen LogP contribution is -2.18. The van der Waals surface area contributed by atoms with Crippen LogP contribution < -0.4 is 0 Å². The summed E-state index contributed by atoms with van der Waals surface area (Å²) >= 11 is 0. The van der Waals surface area contributed by atoms with E-state index in [1.54, 1.807) is 0 Å². The second kappa shape index (κ2) is 6.12. The molecule has 1 fully saturated rings. The van der Waals surface area contributed by atoms with Crippen LogP contribution in [-0.4, -0.2) is 31.7 Å². The van der Waals surface area contributed by atoms with Gasteiger partial charge in [0.2, 0.25) is 0 Å². The molecule has 1 saturated heterocycles. The zero-order valence-electron chi connectivity index (χ0n) is 11.1. The minimum atomic E-state index is 0.0502. The van der Waals surface area contributed by atoms with Gasteiger partial charge in [0.1, 0.15) is 6.61 Å². The first-order valence-corrected chi connectivity index (χ1v) is 6.46. The molecule has 3 nitrogen and oxygen atoms in total. The van der Waals surface area contributed by atoms with Crippen LogP contribution in [0.3, 0.4) is 0 Å². The van der Waals surface area contributed by atoms with E-state index in [0.29, 0.717) is 6.61 Å². The molecule has 0 radical (unpaired) electrons. The van der Waals surface area contributed by atoms with E-state index in [-0.39, 0.29) is 18.5 Å². The van der Waals surface area contributed by atoms with Crippen molar-refractivity contribution in [2.45, 2.75) is 32.8 Å². The smallest absolute Gasteiger partial charge is 0.188 e. The van der Waals surface area contributed by atoms with Crippen molar-refractivity contribution in [3.8, 4) is 0 Å². The minimum absolute atomic E-state index is 0.0502. The van der Waals surface area contributed by atoms with Gasteiger partial charge in [-0.15, -0.1) is 0 Å². The quantitative estimate of drug-likeness (QED) is 0.751. The van der Waals surface area contributed by atoms with Gasteiger partial charge in [-0.1, -0.05) is 17.7 Å². The average molecular weight is 248 g/mol. The maximum absolute atomic E-state index is 12.0. The zero-order valence-corrected chi connectivity index (χ0v) is 11.1. The molecular formula is C15H20O3. The molecule has 0 saturated carbocycles. The molecule has 1 aromatic carbocycles. The van der Waals surface area contributed by atoms with E-state index < -0.39 is 0 Å². The van der Waals surface area contributed by atoms with Crippen LogP contribution in [0.15, 0.2) is 18.2 Å². The lowest BCUT2D eigenvalue weighted by atomic mass is 10.0. The van der Waals surface area contributed by atoms with Crippen LogP contribution in [0.4, 0.5) is 0 Å². The molecule has 0 spiro atoms. The lowest BCUT2D eigenvalue weighted by Gasteiger charge is -2.10. The van der Waals surface area contributed by atoms with Gasteiger partial charge in [-0.2, -0.15) is 0 Å². The van der Waals surface area contributed by atoms with Crippen LogP contribution >= 0.6 is 0 Å². The number of rotatable bonds is 5. The third kappa shape index (κ3) is 3.40. The topological polar surface area (TPSA) is 35.5 Å². The van der Waals surface area contributed by atoms with Gasteiger partial charge in [0.25, 0.3) is 0 Å². The highest BCUT2D eigenvalue weighted by atomic mass is 16.5. The summed E-state index contributed by atoms with van der Waals surface area (Å²) in [5, 5.41) is 0. The summed E-state index contributed by atoms with van der Waals surface area (Å²) in [6.45, 7) is 5.43. The Bertz CT molecular complexity index is 420. The predicted molar refractivity (Wildman–Crippen MR) is 70.0 cm³/mol. The molecule has 18 heavy (non-hydrogen) atoms. The molecule has 0 N–H and O–H groups in total. The van der Waals surface area contributed by atoms with Crippen LogP contribution in [0.1, 0.15) is 34.3 Å². The molecule has 1 heterocycles. The van der Waals surface area contributed by atoms with Crippen molar-refractivity contribution < 1.29 is 14.3 Å². The number of hydrogen-bond donors (Lipinski definition) is 0. The SMILES string of the molecule is Cc1ccc(C)c(C(=O)COCC2CCCO2)c1. The van der Waals surface area contributed by atoms with Gasteiger partial charge in [0, 0.05) is 12.2 Å². The van der Waals surface area contributed by atoms with Crippen LogP contribution in [0, 0.1) is 13.8 Å². The maximum Gasteiger partial charge on any atom is 0.188 e. The minimum Gasteiger partial charge on any atom is -0.376 e. The summed E-state index contributed by atoms with van der Waals surface area (Å²) in [6, 6.07) is 5.91. The second-order valence-electron chi connectivity index (χ2n) is 4.89. The zero-order chi connectivity index (χ0) is 13.0. The molecule has 0 amide bonds. The van der Waals surface area contributed by atoms with Crippen molar-refractivity contribution in [1.29, 1.82) is 0 Å². The maximum atomic E-state index is 12.0. The monoisotopic (exact) mass is 248 g/mol. The number of Topliss-reactive ketones (excluding diaryl/α,β-unsaturated/α-hetero) is 1. The van der Waals surface area contributed by atoms with Gasteiger partial charge in [-0.25, -0.2) is 0 Å². The molecule has 98 valence electrons. The normalized spacial score (nSPS) is 19.1. The Hall–Kier alpha value is -1.19. The Morgan fingerprint density at radius 2 is 2.28 bits per heavy atom. The number of carbonyl (C=O) groups excluding carboxylic acids is 1. The first kappa shape index (κ1) is 13.2. The highest BCUT2D eigenvalue weighted by Gasteiger charge is 2.16. The first-order valence-electron chi connectivity index (χ1n) is 6.46. The van der Waals surface area contributed by atoms with Gasteiger partial charge in [-0.05, 0) is 38.3 Å². The molecule has 1 atom stereocenters. The molecule has 3 heteroatoms. The molecule has 1 aliphatic heterocycles. The van der Waals surface area contributed by atoms with Gasteiger partial charge < -0.3 is 9.47 Å². The summed E-state index contributed by atoms with van der Waals surface area (Å²) in [6.07, 6.45) is 2.31. The van der Waals surface area contributed by atoms with E-state index in [1.807, 2.05) is 32.0 Å². The predicted octanol–water partition coefficient (Wildman–Crippen LogP) is 2.68. The summed E-state index contributed by atoms with van der Waals surface area (Å²) < 4.78 is 10.9. The highest BCUT2D eigenvalue weighted by molar-refractivity contribution is 5.98. The van der Waals surface area contributed by atoms with E-state index in [2.05, 4.69) is 0 Å². The number of ketones is 1. The Kier molecular flexibility index (Phi) is 4.50.